The number of carbonyl (C=O) groups is 2. The summed E-state index contributed by atoms with van der Waals surface area (Å²) in [5.74, 6) is -0.630. The van der Waals surface area contributed by atoms with E-state index in [1.807, 2.05) is 25.8 Å². The molecule has 11 nitrogen and oxygen atoms in total. The Labute approximate surface area is 254 Å². The molecule has 230 valence electrons. The number of rotatable bonds is 7. The minimum Gasteiger partial charge on any atom is -0.444 e. The average Bonchev–Trinajstić information content (AvgIpc) is 3.57. The molecule has 0 aliphatic carbocycles. The molecule has 1 aliphatic rings. The third-order valence-corrected chi connectivity index (χ3v) is 7.17. The number of ether oxygens (including phenoxy) is 1. The fourth-order valence-electron chi connectivity index (χ4n) is 4.70. The Kier molecular flexibility index (Phi) is 8.06. The number of hydrogen-bond donors (Lipinski definition) is 0. The molecule has 0 saturated carbocycles. The normalized spacial score (nSPS) is 13.0. The predicted octanol–water partition coefficient (Wildman–Crippen LogP) is 5.37. The lowest BCUT2D eigenvalue weighted by Crippen LogP contribution is -2.34. The lowest BCUT2D eigenvalue weighted by atomic mass is 10.1. The van der Waals surface area contributed by atoms with Gasteiger partial charge in [0, 0.05) is 31.8 Å². The first-order chi connectivity index (χ1) is 20.7. The zero-order valence-electron chi connectivity index (χ0n) is 25.7. The summed E-state index contributed by atoms with van der Waals surface area (Å²) in [6.45, 7) is 9.71. The lowest BCUT2D eigenvalue weighted by Gasteiger charge is -2.26. The Morgan fingerprint density at radius 1 is 1.09 bits per heavy atom. The second-order valence-corrected chi connectivity index (χ2v) is 11.9. The van der Waals surface area contributed by atoms with Crippen LogP contribution in [0.15, 0.2) is 48.8 Å². The third kappa shape index (κ3) is 6.08. The van der Waals surface area contributed by atoms with Crippen LogP contribution in [0.1, 0.15) is 56.2 Å². The van der Waals surface area contributed by atoms with Gasteiger partial charge in [0.15, 0.2) is 5.82 Å². The van der Waals surface area contributed by atoms with Crippen LogP contribution in [0.2, 0.25) is 0 Å². The van der Waals surface area contributed by atoms with Gasteiger partial charge >= 0.3 is 6.09 Å². The Morgan fingerprint density at radius 2 is 1.84 bits per heavy atom. The first-order valence-corrected chi connectivity index (χ1v) is 14.1. The molecule has 4 heterocycles. The van der Waals surface area contributed by atoms with Crippen molar-refractivity contribution in [1.29, 1.82) is 0 Å². The molecule has 1 aromatic carbocycles. The maximum Gasteiger partial charge on any atom is 0.410 e. The molecule has 5 rings (SSSR count). The SMILES string of the molecule is CC(C)N(C)c1cc2c(c(CN(C)C(=O)OC(C)(C)C)n1)CN(c1cccc(-c3nncn3-c3ccc(F)cc3F)n1)C2=O. The van der Waals surface area contributed by atoms with Gasteiger partial charge in [-0.1, -0.05) is 6.07 Å². The summed E-state index contributed by atoms with van der Waals surface area (Å²) in [6.07, 6.45) is 0.802. The van der Waals surface area contributed by atoms with E-state index in [0.29, 0.717) is 34.2 Å². The molecule has 0 spiro atoms. The average molecular weight is 605 g/mol. The minimum atomic E-state index is -0.786. The van der Waals surface area contributed by atoms with E-state index >= 15 is 0 Å². The van der Waals surface area contributed by atoms with E-state index in [9.17, 15) is 18.4 Å². The van der Waals surface area contributed by atoms with Crippen molar-refractivity contribution >= 4 is 23.6 Å². The Bertz CT molecular complexity index is 1730. The zero-order valence-corrected chi connectivity index (χ0v) is 25.7. The van der Waals surface area contributed by atoms with Crippen molar-refractivity contribution in [3.8, 4) is 17.2 Å². The number of nitrogens with zero attached hydrogens (tertiary/aromatic N) is 8. The number of fused-ring (bicyclic) bond motifs is 1. The fraction of sp³-hybridized carbons (Fsp3) is 0.355. The predicted molar refractivity (Wildman–Crippen MR) is 160 cm³/mol. The van der Waals surface area contributed by atoms with E-state index in [0.717, 1.165) is 12.1 Å². The van der Waals surface area contributed by atoms with Crippen LogP contribution in [0.5, 0.6) is 0 Å². The van der Waals surface area contributed by atoms with Gasteiger partial charge < -0.3 is 14.5 Å². The highest BCUT2D eigenvalue weighted by molar-refractivity contribution is 6.10. The quantitative estimate of drug-likeness (QED) is 0.277. The summed E-state index contributed by atoms with van der Waals surface area (Å²) in [7, 11) is 3.52. The van der Waals surface area contributed by atoms with Crippen molar-refractivity contribution in [2.75, 3.05) is 23.9 Å². The maximum atomic E-state index is 14.6. The summed E-state index contributed by atoms with van der Waals surface area (Å²) < 4.78 is 35.0. The van der Waals surface area contributed by atoms with Crippen LogP contribution in [0.3, 0.4) is 0 Å². The van der Waals surface area contributed by atoms with Gasteiger partial charge in [-0.05, 0) is 65.0 Å². The number of carbonyl (C=O) groups excluding carboxylic acids is 2. The number of hydrogen-bond acceptors (Lipinski definition) is 8. The Morgan fingerprint density at radius 3 is 2.52 bits per heavy atom. The molecule has 0 unspecified atom stereocenters. The third-order valence-electron chi connectivity index (χ3n) is 7.17. The van der Waals surface area contributed by atoms with Crippen LogP contribution in [0, 0.1) is 11.6 Å². The minimum absolute atomic E-state index is 0.0508. The van der Waals surface area contributed by atoms with Crippen LogP contribution in [0.4, 0.5) is 25.2 Å². The van der Waals surface area contributed by atoms with Crippen LogP contribution in [0.25, 0.3) is 17.2 Å². The standard InChI is InChI=1S/C31H34F2N8O3/c1-18(2)39(7)27-14-20-21(24(36-27)16-38(6)30(43)44-31(3,4)5)15-40(29(20)42)26-10-8-9-23(35-26)28-37-34-17-41(28)25-12-11-19(32)13-22(25)33/h8-14,17-18H,15-16H2,1-7H3. The van der Waals surface area contributed by atoms with Gasteiger partial charge in [-0.25, -0.2) is 23.5 Å². The highest BCUT2D eigenvalue weighted by Crippen LogP contribution is 2.33. The molecule has 3 aromatic heterocycles. The van der Waals surface area contributed by atoms with Gasteiger partial charge in [0.05, 0.1) is 30.0 Å². The number of aromatic nitrogens is 5. The van der Waals surface area contributed by atoms with E-state index in [1.165, 1.54) is 26.8 Å². The smallest absolute Gasteiger partial charge is 0.410 e. The number of amides is 2. The highest BCUT2D eigenvalue weighted by atomic mass is 19.1. The van der Waals surface area contributed by atoms with Gasteiger partial charge in [0.25, 0.3) is 5.91 Å². The summed E-state index contributed by atoms with van der Waals surface area (Å²) in [5, 5.41) is 8.02. The number of benzene rings is 1. The second kappa shape index (κ2) is 11.6. The summed E-state index contributed by atoms with van der Waals surface area (Å²) in [6, 6.07) is 10.1. The first kappa shape index (κ1) is 30.5. The monoisotopic (exact) mass is 604 g/mol. The van der Waals surface area contributed by atoms with Crippen molar-refractivity contribution in [3.05, 3.63) is 77.2 Å². The number of anilines is 2. The van der Waals surface area contributed by atoms with E-state index in [4.69, 9.17) is 9.72 Å². The van der Waals surface area contributed by atoms with Crippen LogP contribution in [-0.2, 0) is 17.8 Å². The van der Waals surface area contributed by atoms with E-state index in [1.54, 1.807) is 52.1 Å². The van der Waals surface area contributed by atoms with E-state index in [-0.39, 0.29) is 36.6 Å². The van der Waals surface area contributed by atoms with Crippen LogP contribution >= 0.6 is 0 Å². The van der Waals surface area contributed by atoms with Crippen molar-refractivity contribution in [1.82, 2.24) is 29.6 Å². The summed E-state index contributed by atoms with van der Waals surface area (Å²) in [5.41, 5.74) is 1.41. The van der Waals surface area contributed by atoms with E-state index < -0.39 is 23.3 Å². The maximum absolute atomic E-state index is 14.6. The molecule has 0 radical (unpaired) electrons. The van der Waals surface area contributed by atoms with Gasteiger partial charge in [-0.2, -0.15) is 0 Å². The zero-order chi connectivity index (χ0) is 31.9. The van der Waals surface area contributed by atoms with Crippen molar-refractivity contribution in [2.45, 2.75) is 59.4 Å². The molecule has 44 heavy (non-hydrogen) atoms. The molecule has 13 heteroatoms. The highest BCUT2D eigenvalue weighted by Gasteiger charge is 2.34. The first-order valence-electron chi connectivity index (χ1n) is 14.1. The van der Waals surface area contributed by atoms with Gasteiger partial charge in [0.2, 0.25) is 0 Å². The van der Waals surface area contributed by atoms with Crippen LogP contribution < -0.4 is 9.80 Å². The van der Waals surface area contributed by atoms with Gasteiger partial charge in [-0.15, -0.1) is 10.2 Å². The van der Waals surface area contributed by atoms with Crippen molar-refractivity contribution in [2.24, 2.45) is 0 Å². The van der Waals surface area contributed by atoms with Gasteiger partial charge in [0.1, 0.15) is 40.9 Å². The molecule has 0 atom stereocenters. The Hall–Kier alpha value is -4.94. The van der Waals surface area contributed by atoms with E-state index in [2.05, 4.69) is 15.2 Å². The summed E-state index contributed by atoms with van der Waals surface area (Å²) in [4.78, 5) is 41.1. The molecule has 2 amide bonds. The molecule has 4 aromatic rings. The molecule has 0 saturated heterocycles. The van der Waals surface area contributed by atoms with Gasteiger partial charge in [-0.3, -0.25) is 14.3 Å². The second-order valence-electron chi connectivity index (χ2n) is 11.9. The number of pyridine rings is 2. The Balaban J connectivity index is 1.50. The largest absolute Gasteiger partial charge is 0.444 e. The lowest BCUT2D eigenvalue weighted by molar-refractivity contribution is 0.0282. The molecule has 0 N–H and O–H groups in total. The topological polar surface area (TPSA) is 110 Å². The van der Waals surface area contributed by atoms with Crippen LogP contribution in [-0.4, -0.2) is 67.4 Å². The summed E-state index contributed by atoms with van der Waals surface area (Å²) >= 11 is 0. The van der Waals surface area contributed by atoms with Crippen molar-refractivity contribution < 1.29 is 23.1 Å². The molecule has 0 bridgehead atoms. The molecule has 1 aliphatic heterocycles. The molecule has 0 fully saturated rings. The van der Waals surface area contributed by atoms with Crippen molar-refractivity contribution in [3.63, 3.8) is 0 Å². The molecular weight excluding hydrogens is 570 g/mol. The molecular formula is C31H34F2N8O3. The fourth-order valence-corrected chi connectivity index (χ4v) is 4.70. The number of halogens is 2.